The summed E-state index contributed by atoms with van der Waals surface area (Å²) in [5.41, 5.74) is 0.223. The van der Waals surface area contributed by atoms with Gasteiger partial charge >= 0.3 is 0 Å². The number of carbonyl (C=O) groups is 1. The van der Waals surface area contributed by atoms with E-state index in [0.717, 1.165) is 0 Å². The normalized spacial score (nSPS) is 21.9. The van der Waals surface area contributed by atoms with Crippen LogP contribution in [-0.2, 0) is 0 Å². The van der Waals surface area contributed by atoms with E-state index in [1.54, 1.807) is 24.1 Å². The summed E-state index contributed by atoms with van der Waals surface area (Å²) in [5.74, 6) is 0.354. The van der Waals surface area contributed by atoms with Crippen molar-refractivity contribution in [3.8, 4) is 0 Å². The Morgan fingerprint density at radius 3 is 2.90 bits per heavy atom. The van der Waals surface area contributed by atoms with Gasteiger partial charge in [-0.1, -0.05) is 11.6 Å². The van der Waals surface area contributed by atoms with E-state index in [0.29, 0.717) is 30.4 Å². The van der Waals surface area contributed by atoms with E-state index in [-0.39, 0.29) is 17.6 Å². The molecule has 1 aliphatic heterocycles. The zero-order valence-corrected chi connectivity index (χ0v) is 13.3. The van der Waals surface area contributed by atoms with Crippen LogP contribution in [0.2, 0.25) is 5.02 Å². The third-order valence-corrected chi connectivity index (χ3v) is 3.84. The summed E-state index contributed by atoms with van der Waals surface area (Å²) in [4.78, 5) is 20.6. The number of likely N-dealkylation sites (tertiary alicyclic amines) is 1. The molecule has 2 heterocycles. The van der Waals surface area contributed by atoms with E-state index in [9.17, 15) is 9.90 Å². The van der Waals surface area contributed by atoms with Crippen molar-refractivity contribution in [2.24, 2.45) is 0 Å². The van der Waals surface area contributed by atoms with Crippen molar-refractivity contribution in [2.45, 2.75) is 18.6 Å². The molecule has 1 saturated heterocycles. The smallest absolute Gasteiger partial charge is 0.274 e. The van der Waals surface area contributed by atoms with Crippen LogP contribution in [0.3, 0.4) is 0 Å². The number of anilines is 1. The van der Waals surface area contributed by atoms with Crippen molar-refractivity contribution in [3.05, 3.63) is 22.8 Å². The van der Waals surface area contributed by atoms with Crippen LogP contribution in [0.4, 0.5) is 5.82 Å². The van der Waals surface area contributed by atoms with Gasteiger partial charge in [0.05, 0.1) is 11.1 Å². The first-order valence-corrected chi connectivity index (χ1v) is 7.28. The topological polar surface area (TPSA) is 68.7 Å². The summed E-state index contributed by atoms with van der Waals surface area (Å²) in [6.07, 6.45) is 0.0814. The molecule has 0 aliphatic carbocycles. The molecule has 1 aromatic rings. The fraction of sp³-hybridized carbons (Fsp3) is 0.571. The Bertz CT molecular complexity index is 524. The van der Waals surface area contributed by atoms with E-state index in [2.05, 4.69) is 10.3 Å². The van der Waals surface area contributed by atoms with Crippen LogP contribution in [-0.4, -0.2) is 72.2 Å². The van der Waals surface area contributed by atoms with E-state index < -0.39 is 6.10 Å². The molecule has 1 aromatic heterocycles. The molecule has 0 bridgehead atoms. The van der Waals surface area contributed by atoms with Crippen molar-refractivity contribution in [2.75, 3.05) is 39.5 Å². The second-order valence-corrected chi connectivity index (χ2v) is 5.95. The molecule has 1 amide bonds. The molecule has 0 radical (unpaired) electrons. The summed E-state index contributed by atoms with van der Waals surface area (Å²) in [6, 6.07) is 3.34. The molecule has 0 saturated carbocycles. The number of β-amino-alcohol motifs (C(OH)–C–C–N with tert-alkyl or cyclic N) is 1. The van der Waals surface area contributed by atoms with Gasteiger partial charge in [-0.2, -0.15) is 0 Å². The summed E-state index contributed by atoms with van der Waals surface area (Å²) in [5, 5.41) is 13.1. The molecule has 1 fully saturated rings. The van der Waals surface area contributed by atoms with Crippen molar-refractivity contribution < 1.29 is 9.90 Å². The SMILES string of the molecule is CNc1ccc(Cl)c(C(=O)N2CC(O)CC2CN(C)C)n1. The zero-order chi connectivity index (χ0) is 15.6. The number of hydrogen-bond donors (Lipinski definition) is 2. The zero-order valence-electron chi connectivity index (χ0n) is 12.5. The van der Waals surface area contributed by atoms with Crippen LogP contribution in [0, 0.1) is 0 Å². The Labute approximate surface area is 129 Å². The number of carbonyl (C=O) groups excluding carboxylic acids is 1. The number of aromatic nitrogens is 1. The maximum atomic E-state index is 12.7. The van der Waals surface area contributed by atoms with Gasteiger partial charge in [0.2, 0.25) is 0 Å². The molecule has 0 spiro atoms. The van der Waals surface area contributed by atoms with Gasteiger partial charge in [-0.05, 0) is 32.6 Å². The highest BCUT2D eigenvalue weighted by Crippen LogP contribution is 2.24. The van der Waals surface area contributed by atoms with Crippen molar-refractivity contribution in [1.82, 2.24) is 14.8 Å². The number of amides is 1. The number of rotatable bonds is 4. The average molecular weight is 313 g/mol. The number of hydrogen-bond acceptors (Lipinski definition) is 5. The molecule has 2 rings (SSSR count). The van der Waals surface area contributed by atoms with Crippen molar-refractivity contribution >= 4 is 23.3 Å². The number of nitrogens with one attached hydrogen (secondary N) is 1. The Kier molecular flexibility index (Phi) is 5.03. The predicted molar refractivity (Wildman–Crippen MR) is 82.8 cm³/mol. The lowest BCUT2D eigenvalue weighted by Crippen LogP contribution is -2.41. The number of halogens is 1. The lowest BCUT2D eigenvalue weighted by atomic mass is 10.2. The molecule has 2 atom stereocenters. The molecule has 1 aliphatic rings. The minimum atomic E-state index is -0.495. The Hall–Kier alpha value is -1.37. The monoisotopic (exact) mass is 312 g/mol. The maximum absolute atomic E-state index is 12.7. The average Bonchev–Trinajstić information content (AvgIpc) is 2.78. The number of aliphatic hydroxyl groups is 1. The number of aliphatic hydroxyl groups excluding tert-OH is 1. The first-order valence-electron chi connectivity index (χ1n) is 6.90. The molecular weight excluding hydrogens is 292 g/mol. The van der Waals surface area contributed by atoms with Crippen LogP contribution >= 0.6 is 11.6 Å². The van der Waals surface area contributed by atoms with Gasteiger partial charge in [-0.25, -0.2) is 4.98 Å². The van der Waals surface area contributed by atoms with E-state index >= 15 is 0 Å². The standard InChI is InChI=1S/C14H21ClN4O2/c1-16-12-5-4-11(15)13(17-12)14(21)19-8-10(20)6-9(19)7-18(2)3/h4-5,9-10,20H,6-8H2,1-3H3,(H,16,17). The van der Waals surface area contributed by atoms with E-state index in [1.807, 2.05) is 19.0 Å². The lowest BCUT2D eigenvalue weighted by Gasteiger charge is -2.26. The Morgan fingerprint density at radius 1 is 1.57 bits per heavy atom. The largest absolute Gasteiger partial charge is 0.391 e. The third kappa shape index (κ3) is 3.64. The second-order valence-electron chi connectivity index (χ2n) is 5.54. The minimum absolute atomic E-state index is 0.0291. The van der Waals surface area contributed by atoms with Crippen LogP contribution in [0.1, 0.15) is 16.9 Å². The quantitative estimate of drug-likeness (QED) is 0.865. The van der Waals surface area contributed by atoms with Gasteiger partial charge in [-0.3, -0.25) is 4.79 Å². The highest BCUT2D eigenvalue weighted by atomic mass is 35.5. The first-order chi connectivity index (χ1) is 9.92. The van der Waals surface area contributed by atoms with Gasteiger partial charge in [-0.15, -0.1) is 0 Å². The van der Waals surface area contributed by atoms with Crippen LogP contribution in [0.15, 0.2) is 12.1 Å². The lowest BCUT2D eigenvalue weighted by molar-refractivity contribution is 0.0693. The van der Waals surface area contributed by atoms with Gasteiger partial charge in [0.15, 0.2) is 0 Å². The molecule has 2 N–H and O–H groups in total. The maximum Gasteiger partial charge on any atom is 0.274 e. The van der Waals surface area contributed by atoms with Gasteiger partial charge in [0.1, 0.15) is 11.5 Å². The Balaban J connectivity index is 2.25. The minimum Gasteiger partial charge on any atom is -0.391 e. The molecule has 0 aromatic carbocycles. The highest BCUT2D eigenvalue weighted by molar-refractivity contribution is 6.33. The number of pyridine rings is 1. The van der Waals surface area contributed by atoms with Gasteiger partial charge in [0.25, 0.3) is 5.91 Å². The summed E-state index contributed by atoms with van der Waals surface area (Å²) in [7, 11) is 5.62. The first kappa shape index (κ1) is 16.0. The second kappa shape index (κ2) is 6.60. The van der Waals surface area contributed by atoms with Gasteiger partial charge < -0.3 is 20.2 Å². The molecular formula is C14H21ClN4O2. The molecule has 116 valence electrons. The summed E-state index contributed by atoms with van der Waals surface area (Å²) >= 11 is 6.11. The summed E-state index contributed by atoms with van der Waals surface area (Å²) in [6.45, 7) is 1.02. The number of nitrogens with zero attached hydrogens (tertiary/aromatic N) is 3. The molecule has 2 unspecified atom stereocenters. The molecule has 6 nitrogen and oxygen atoms in total. The van der Waals surface area contributed by atoms with Crippen molar-refractivity contribution in [3.63, 3.8) is 0 Å². The van der Waals surface area contributed by atoms with Crippen molar-refractivity contribution in [1.29, 1.82) is 0 Å². The Morgan fingerprint density at radius 2 is 2.29 bits per heavy atom. The van der Waals surface area contributed by atoms with Crippen LogP contribution in [0.25, 0.3) is 0 Å². The highest BCUT2D eigenvalue weighted by Gasteiger charge is 2.36. The molecule has 7 heteroatoms. The fourth-order valence-electron chi connectivity index (χ4n) is 2.60. The third-order valence-electron chi connectivity index (χ3n) is 3.53. The predicted octanol–water partition coefficient (Wildman–Crippen LogP) is 0.914. The summed E-state index contributed by atoms with van der Waals surface area (Å²) < 4.78 is 0. The van der Waals surface area contributed by atoms with Crippen LogP contribution < -0.4 is 5.32 Å². The van der Waals surface area contributed by atoms with Gasteiger partial charge in [0, 0.05) is 26.2 Å². The number of likely N-dealkylation sites (N-methyl/N-ethyl adjacent to an activating group) is 1. The van der Waals surface area contributed by atoms with Crippen LogP contribution in [0.5, 0.6) is 0 Å². The molecule has 21 heavy (non-hydrogen) atoms. The van der Waals surface area contributed by atoms with E-state index in [1.165, 1.54) is 0 Å². The fourth-order valence-corrected chi connectivity index (χ4v) is 2.79. The van der Waals surface area contributed by atoms with E-state index in [4.69, 9.17) is 11.6 Å².